The first-order chi connectivity index (χ1) is 14.8. The average Bonchev–Trinajstić information content (AvgIpc) is 2.75. The van der Waals surface area contributed by atoms with Gasteiger partial charge in [0.2, 0.25) is 11.8 Å². The topological polar surface area (TPSA) is 78.4 Å². The molecule has 1 aliphatic heterocycles. The number of carbonyl (C=O) groups is 2. The van der Waals surface area contributed by atoms with E-state index in [1.54, 1.807) is 0 Å². The SMILES string of the molecule is Cc1ccc(NC(=O)CSCC(=O)N2CCN(c3cc(C)nc(C(C)C)n3)CC2)cc1. The van der Waals surface area contributed by atoms with Gasteiger partial charge in [-0.1, -0.05) is 31.5 Å². The van der Waals surface area contributed by atoms with E-state index in [1.165, 1.54) is 11.8 Å². The van der Waals surface area contributed by atoms with E-state index in [4.69, 9.17) is 4.98 Å². The number of nitrogens with one attached hydrogen (secondary N) is 1. The zero-order valence-electron chi connectivity index (χ0n) is 18.7. The van der Waals surface area contributed by atoms with Crippen molar-refractivity contribution in [3.8, 4) is 0 Å². The fourth-order valence-corrected chi connectivity index (χ4v) is 4.05. The summed E-state index contributed by atoms with van der Waals surface area (Å²) >= 11 is 1.35. The maximum absolute atomic E-state index is 12.5. The maximum atomic E-state index is 12.5. The first-order valence-corrected chi connectivity index (χ1v) is 11.8. The molecule has 0 spiro atoms. The largest absolute Gasteiger partial charge is 0.353 e. The molecule has 0 unspecified atom stereocenters. The molecule has 3 rings (SSSR count). The number of hydrogen-bond acceptors (Lipinski definition) is 6. The quantitative estimate of drug-likeness (QED) is 0.711. The molecule has 1 saturated heterocycles. The minimum absolute atomic E-state index is 0.0783. The number of aryl methyl sites for hydroxylation is 2. The molecule has 1 aliphatic rings. The first kappa shape index (κ1) is 23.1. The summed E-state index contributed by atoms with van der Waals surface area (Å²) in [5.41, 5.74) is 2.89. The monoisotopic (exact) mass is 441 g/mol. The van der Waals surface area contributed by atoms with Gasteiger partial charge in [-0.3, -0.25) is 9.59 Å². The number of amides is 2. The molecule has 2 heterocycles. The zero-order valence-corrected chi connectivity index (χ0v) is 19.5. The van der Waals surface area contributed by atoms with E-state index in [0.29, 0.717) is 18.8 Å². The zero-order chi connectivity index (χ0) is 22.4. The van der Waals surface area contributed by atoms with Gasteiger partial charge in [0.05, 0.1) is 11.5 Å². The van der Waals surface area contributed by atoms with Crippen molar-refractivity contribution < 1.29 is 9.59 Å². The highest BCUT2D eigenvalue weighted by atomic mass is 32.2. The number of carbonyl (C=O) groups excluding carboxylic acids is 2. The van der Waals surface area contributed by atoms with Crippen molar-refractivity contribution in [2.24, 2.45) is 0 Å². The molecule has 1 N–H and O–H groups in total. The van der Waals surface area contributed by atoms with Crippen LogP contribution in [0.2, 0.25) is 0 Å². The Balaban J connectivity index is 1.42. The first-order valence-electron chi connectivity index (χ1n) is 10.6. The van der Waals surface area contributed by atoms with Crippen LogP contribution in [0.1, 0.15) is 36.8 Å². The molecule has 1 fully saturated rings. The fourth-order valence-electron chi connectivity index (χ4n) is 3.34. The predicted octanol–water partition coefficient (Wildman–Crippen LogP) is 3.24. The van der Waals surface area contributed by atoms with E-state index < -0.39 is 0 Å². The van der Waals surface area contributed by atoms with Crippen molar-refractivity contribution in [2.45, 2.75) is 33.6 Å². The van der Waals surface area contributed by atoms with Gasteiger partial charge in [-0.05, 0) is 26.0 Å². The third-order valence-electron chi connectivity index (χ3n) is 5.12. The Morgan fingerprint density at radius 3 is 2.35 bits per heavy atom. The van der Waals surface area contributed by atoms with Gasteiger partial charge < -0.3 is 15.1 Å². The molecule has 8 heteroatoms. The Hall–Kier alpha value is -2.61. The highest BCUT2D eigenvalue weighted by Gasteiger charge is 2.23. The van der Waals surface area contributed by atoms with Crippen LogP contribution < -0.4 is 10.2 Å². The summed E-state index contributed by atoms with van der Waals surface area (Å²) < 4.78 is 0. The van der Waals surface area contributed by atoms with Crippen LogP contribution in [0.25, 0.3) is 0 Å². The van der Waals surface area contributed by atoms with Crippen LogP contribution in [0.3, 0.4) is 0 Å². The van der Waals surface area contributed by atoms with E-state index >= 15 is 0 Å². The second-order valence-corrected chi connectivity index (χ2v) is 9.14. The molecule has 0 aliphatic carbocycles. The number of hydrogen-bond donors (Lipinski definition) is 1. The van der Waals surface area contributed by atoms with Crippen LogP contribution in [-0.2, 0) is 9.59 Å². The van der Waals surface area contributed by atoms with Crippen LogP contribution >= 0.6 is 11.8 Å². The molecule has 0 radical (unpaired) electrons. The second-order valence-electron chi connectivity index (χ2n) is 8.16. The average molecular weight is 442 g/mol. The number of thioether (sulfide) groups is 1. The van der Waals surface area contributed by atoms with Crippen molar-refractivity contribution >= 4 is 35.1 Å². The number of benzene rings is 1. The van der Waals surface area contributed by atoms with Gasteiger partial charge in [0.25, 0.3) is 0 Å². The van der Waals surface area contributed by atoms with Gasteiger partial charge in [-0.15, -0.1) is 11.8 Å². The fraction of sp³-hybridized carbons (Fsp3) is 0.478. The third kappa shape index (κ3) is 6.69. The van der Waals surface area contributed by atoms with Crippen LogP contribution in [0, 0.1) is 13.8 Å². The molecule has 2 amide bonds. The Labute approximate surface area is 188 Å². The predicted molar refractivity (Wildman–Crippen MR) is 127 cm³/mol. The van der Waals surface area contributed by atoms with Gasteiger partial charge in [-0.25, -0.2) is 9.97 Å². The summed E-state index contributed by atoms with van der Waals surface area (Å²) in [5.74, 6) is 2.63. The lowest BCUT2D eigenvalue weighted by atomic mass is 10.2. The van der Waals surface area contributed by atoms with E-state index in [1.807, 2.05) is 49.1 Å². The Morgan fingerprint density at radius 2 is 1.71 bits per heavy atom. The van der Waals surface area contributed by atoms with E-state index in [0.717, 1.165) is 41.7 Å². The van der Waals surface area contributed by atoms with E-state index in [-0.39, 0.29) is 23.5 Å². The van der Waals surface area contributed by atoms with Gasteiger partial charge in [0.1, 0.15) is 11.6 Å². The minimum atomic E-state index is -0.0911. The van der Waals surface area contributed by atoms with Crippen LogP contribution in [0.15, 0.2) is 30.3 Å². The summed E-state index contributed by atoms with van der Waals surface area (Å²) in [4.78, 5) is 37.9. The molecule has 2 aromatic rings. The number of anilines is 2. The molecule has 166 valence electrons. The Kier molecular flexibility index (Phi) is 7.90. The minimum Gasteiger partial charge on any atom is -0.353 e. The normalized spacial score (nSPS) is 14.1. The number of aromatic nitrogens is 2. The summed E-state index contributed by atoms with van der Waals surface area (Å²) in [6.45, 7) is 11.0. The van der Waals surface area contributed by atoms with E-state index in [2.05, 4.69) is 29.0 Å². The van der Waals surface area contributed by atoms with Gasteiger partial charge in [-0.2, -0.15) is 0 Å². The van der Waals surface area contributed by atoms with Crippen molar-refractivity contribution in [1.82, 2.24) is 14.9 Å². The molecular formula is C23H31N5O2S. The summed E-state index contributed by atoms with van der Waals surface area (Å²) in [7, 11) is 0. The molecule has 0 atom stereocenters. The molecule has 7 nitrogen and oxygen atoms in total. The molecule has 1 aromatic carbocycles. The van der Waals surface area contributed by atoms with E-state index in [9.17, 15) is 9.59 Å². The van der Waals surface area contributed by atoms with Crippen LogP contribution in [-0.4, -0.2) is 64.4 Å². The summed E-state index contributed by atoms with van der Waals surface area (Å²) in [6.07, 6.45) is 0. The van der Waals surface area contributed by atoms with Crippen molar-refractivity contribution in [3.05, 3.63) is 47.4 Å². The van der Waals surface area contributed by atoms with Gasteiger partial charge in [0.15, 0.2) is 0 Å². The molecule has 0 saturated carbocycles. The van der Waals surface area contributed by atoms with Crippen molar-refractivity contribution in [2.75, 3.05) is 47.9 Å². The number of piperazine rings is 1. The summed E-state index contributed by atoms with van der Waals surface area (Å²) in [5, 5.41) is 2.86. The Morgan fingerprint density at radius 1 is 1.03 bits per heavy atom. The smallest absolute Gasteiger partial charge is 0.234 e. The third-order valence-corrected chi connectivity index (χ3v) is 6.04. The second kappa shape index (κ2) is 10.6. The molecule has 0 bridgehead atoms. The highest BCUT2D eigenvalue weighted by molar-refractivity contribution is 8.00. The van der Waals surface area contributed by atoms with Crippen molar-refractivity contribution in [1.29, 1.82) is 0 Å². The maximum Gasteiger partial charge on any atom is 0.234 e. The Bertz CT molecular complexity index is 909. The van der Waals surface area contributed by atoms with Crippen LogP contribution in [0.4, 0.5) is 11.5 Å². The number of nitrogens with zero attached hydrogens (tertiary/aromatic N) is 4. The summed E-state index contributed by atoms with van der Waals surface area (Å²) in [6, 6.07) is 9.68. The highest BCUT2D eigenvalue weighted by Crippen LogP contribution is 2.19. The standard InChI is InChI=1S/C23H31N5O2S/c1-16(2)23-24-18(4)13-20(26-23)27-9-11-28(12-10-27)22(30)15-31-14-21(29)25-19-7-5-17(3)6-8-19/h5-8,13,16H,9-12,14-15H2,1-4H3,(H,25,29). The lowest BCUT2D eigenvalue weighted by molar-refractivity contribution is -0.128. The molecule has 31 heavy (non-hydrogen) atoms. The molecular weight excluding hydrogens is 410 g/mol. The lowest BCUT2D eigenvalue weighted by Gasteiger charge is -2.35. The van der Waals surface area contributed by atoms with Crippen LogP contribution in [0.5, 0.6) is 0 Å². The van der Waals surface area contributed by atoms with Gasteiger partial charge in [0, 0.05) is 49.5 Å². The molecule has 1 aromatic heterocycles. The van der Waals surface area contributed by atoms with Crippen molar-refractivity contribution in [3.63, 3.8) is 0 Å². The number of rotatable bonds is 7. The lowest BCUT2D eigenvalue weighted by Crippen LogP contribution is -2.49. The van der Waals surface area contributed by atoms with Gasteiger partial charge >= 0.3 is 0 Å².